The number of ether oxygens (including phenoxy) is 3. The number of rotatable bonds is 7. The number of hydrogen-bond acceptors (Lipinski definition) is 4. The summed E-state index contributed by atoms with van der Waals surface area (Å²) in [4.78, 5) is 0. The van der Waals surface area contributed by atoms with Crippen LogP contribution in [0.4, 0.5) is 0 Å². The maximum atomic E-state index is 6.09. The SMILES string of the molecule is CCC(N)Cc1cc(OC)ccc1OCC1CCOCC1. The lowest BCUT2D eigenvalue weighted by atomic mass is 10.0. The molecule has 21 heavy (non-hydrogen) atoms. The van der Waals surface area contributed by atoms with E-state index in [0.717, 1.165) is 62.6 Å². The molecular weight excluding hydrogens is 266 g/mol. The highest BCUT2D eigenvalue weighted by molar-refractivity contribution is 5.40. The Kier molecular flexibility index (Phi) is 6.33. The second kappa shape index (κ2) is 8.25. The fourth-order valence-corrected chi connectivity index (χ4v) is 2.53. The van der Waals surface area contributed by atoms with E-state index in [9.17, 15) is 0 Å². The Morgan fingerprint density at radius 1 is 1.33 bits per heavy atom. The lowest BCUT2D eigenvalue weighted by molar-refractivity contribution is 0.0496. The lowest BCUT2D eigenvalue weighted by Crippen LogP contribution is -2.23. The van der Waals surface area contributed by atoms with E-state index in [4.69, 9.17) is 19.9 Å². The Balaban J connectivity index is 2.01. The first kappa shape index (κ1) is 16.1. The summed E-state index contributed by atoms with van der Waals surface area (Å²) < 4.78 is 16.7. The maximum absolute atomic E-state index is 6.09. The lowest BCUT2D eigenvalue weighted by Gasteiger charge is -2.23. The van der Waals surface area contributed by atoms with Crippen LogP contribution in [-0.2, 0) is 11.2 Å². The van der Waals surface area contributed by atoms with Gasteiger partial charge in [-0.25, -0.2) is 0 Å². The van der Waals surface area contributed by atoms with Gasteiger partial charge in [0.25, 0.3) is 0 Å². The van der Waals surface area contributed by atoms with Gasteiger partial charge in [0.15, 0.2) is 0 Å². The fraction of sp³-hybridized carbons (Fsp3) is 0.647. The van der Waals surface area contributed by atoms with Crippen LogP contribution in [0.25, 0.3) is 0 Å². The number of hydrogen-bond donors (Lipinski definition) is 1. The van der Waals surface area contributed by atoms with Gasteiger partial charge >= 0.3 is 0 Å². The summed E-state index contributed by atoms with van der Waals surface area (Å²) in [5.74, 6) is 2.38. The predicted molar refractivity (Wildman–Crippen MR) is 84.0 cm³/mol. The largest absolute Gasteiger partial charge is 0.497 e. The molecule has 4 heteroatoms. The summed E-state index contributed by atoms with van der Waals surface area (Å²) in [5.41, 5.74) is 7.23. The van der Waals surface area contributed by atoms with E-state index in [0.29, 0.717) is 5.92 Å². The molecule has 0 bridgehead atoms. The summed E-state index contributed by atoms with van der Waals surface area (Å²) in [6.45, 7) is 4.56. The first-order valence-corrected chi connectivity index (χ1v) is 7.86. The zero-order valence-electron chi connectivity index (χ0n) is 13.1. The Bertz CT molecular complexity index is 430. The van der Waals surface area contributed by atoms with Crippen molar-refractivity contribution in [3.63, 3.8) is 0 Å². The third kappa shape index (κ3) is 4.90. The van der Waals surface area contributed by atoms with Crippen molar-refractivity contribution in [2.45, 2.75) is 38.6 Å². The molecule has 2 N–H and O–H groups in total. The van der Waals surface area contributed by atoms with Crippen LogP contribution < -0.4 is 15.2 Å². The molecule has 1 atom stereocenters. The summed E-state index contributed by atoms with van der Waals surface area (Å²) in [6, 6.07) is 6.13. The molecule has 4 nitrogen and oxygen atoms in total. The zero-order chi connectivity index (χ0) is 15.1. The van der Waals surface area contributed by atoms with E-state index >= 15 is 0 Å². The van der Waals surface area contributed by atoms with E-state index in [1.807, 2.05) is 18.2 Å². The van der Waals surface area contributed by atoms with E-state index < -0.39 is 0 Å². The molecule has 0 aliphatic carbocycles. The summed E-state index contributed by atoms with van der Waals surface area (Å²) in [5, 5.41) is 0. The monoisotopic (exact) mass is 293 g/mol. The number of benzene rings is 1. The second-order valence-electron chi connectivity index (χ2n) is 5.71. The normalized spacial score (nSPS) is 17.5. The minimum atomic E-state index is 0.155. The Labute approximate surface area is 127 Å². The summed E-state index contributed by atoms with van der Waals surface area (Å²) in [7, 11) is 1.68. The van der Waals surface area contributed by atoms with E-state index in [1.165, 1.54) is 0 Å². The van der Waals surface area contributed by atoms with Gasteiger partial charge in [-0.15, -0.1) is 0 Å². The molecule has 2 rings (SSSR count). The van der Waals surface area contributed by atoms with Crippen molar-refractivity contribution < 1.29 is 14.2 Å². The Morgan fingerprint density at radius 3 is 2.76 bits per heavy atom. The molecule has 1 aromatic carbocycles. The molecule has 0 radical (unpaired) electrons. The second-order valence-corrected chi connectivity index (χ2v) is 5.71. The Morgan fingerprint density at radius 2 is 2.10 bits per heavy atom. The molecule has 1 unspecified atom stereocenters. The van der Waals surface area contributed by atoms with Crippen molar-refractivity contribution in [1.82, 2.24) is 0 Å². The van der Waals surface area contributed by atoms with Crippen LogP contribution in [0.5, 0.6) is 11.5 Å². The van der Waals surface area contributed by atoms with Crippen LogP contribution in [0.2, 0.25) is 0 Å². The van der Waals surface area contributed by atoms with Crippen molar-refractivity contribution in [1.29, 1.82) is 0 Å². The van der Waals surface area contributed by atoms with Gasteiger partial charge < -0.3 is 19.9 Å². The van der Waals surface area contributed by atoms with Gasteiger partial charge in [-0.3, -0.25) is 0 Å². The zero-order valence-corrected chi connectivity index (χ0v) is 13.1. The van der Waals surface area contributed by atoms with E-state index in [-0.39, 0.29) is 6.04 Å². The Hall–Kier alpha value is -1.26. The molecular formula is C17H27NO3. The standard InChI is InChI=1S/C17H27NO3/c1-3-15(18)10-14-11-16(19-2)4-5-17(14)21-12-13-6-8-20-9-7-13/h4-5,11,13,15H,3,6-10,12,18H2,1-2H3. The van der Waals surface area contributed by atoms with Crippen molar-refractivity contribution in [3.05, 3.63) is 23.8 Å². The van der Waals surface area contributed by atoms with Gasteiger partial charge in [-0.1, -0.05) is 6.92 Å². The van der Waals surface area contributed by atoms with Crippen molar-refractivity contribution in [2.75, 3.05) is 26.9 Å². The first-order chi connectivity index (χ1) is 10.2. The third-order valence-corrected chi connectivity index (χ3v) is 4.09. The molecule has 0 spiro atoms. The molecule has 0 saturated carbocycles. The molecule has 1 heterocycles. The summed E-state index contributed by atoms with van der Waals surface area (Å²) in [6.07, 6.45) is 3.94. The smallest absolute Gasteiger partial charge is 0.122 e. The van der Waals surface area contributed by atoms with Crippen LogP contribution in [0.1, 0.15) is 31.7 Å². The third-order valence-electron chi connectivity index (χ3n) is 4.09. The van der Waals surface area contributed by atoms with E-state index in [2.05, 4.69) is 6.92 Å². The topological polar surface area (TPSA) is 53.7 Å². The van der Waals surface area contributed by atoms with Gasteiger partial charge in [-0.05, 0) is 55.4 Å². The highest BCUT2D eigenvalue weighted by atomic mass is 16.5. The van der Waals surface area contributed by atoms with Crippen LogP contribution in [0, 0.1) is 5.92 Å². The number of nitrogens with two attached hydrogens (primary N) is 1. The van der Waals surface area contributed by atoms with Crippen LogP contribution >= 0.6 is 0 Å². The van der Waals surface area contributed by atoms with Crippen molar-refractivity contribution in [2.24, 2.45) is 11.7 Å². The number of methoxy groups -OCH3 is 1. The maximum Gasteiger partial charge on any atom is 0.122 e. The van der Waals surface area contributed by atoms with Gasteiger partial charge in [-0.2, -0.15) is 0 Å². The van der Waals surface area contributed by atoms with E-state index in [1.54, 1.807) is 7.11 Å². The highest BCUT2D eigenvalue weighted by Gasteiger charge is 2.16. The average Bonchev–Trinajstić information content (AvgIpc) is 2.54. The summed E-state index contributed by atoms with van der Waals surface area (Å²) >= 11 is 0. The molecule has 118 valence electrons. The fourth-order valence-electron chi connectivity index (χ4n) is 2.53. The van der Waals surface area contributed by atoms with Gasteiger partial charge in [0, 0.05) is 19.3 Å². The van der Waals surface area contributed by atoms with Gasteiger partial charge in [0.2, 0.25) is 0 Å². The molecule has 1 aliphatic heterocycles. The minimum Gasteiger partial charge on any atom is -0.497 e. The molecule has 0 aromatic heterocycles. The van der Waals surface area contributed by atoms with Gasteiger partial charge in [0.1, 0.15) is 11.5 Å². The molecule has 1 aromatic rings. The van der Waals surface area contributed by atoms with Crippen LogP contribution in [0.15, 0.2) is 18.2 Å². The molecule has 1 saturated heterocycles. The van der Waals surface area contributed by atoms with Crippen molar-refractivity contribution in [3.8, 4) is 11.5 Å². The minimum absolute atomic E-state index is 0.155. The molecule has 1 fully saturated rings. The highest BCUT2D eigenvalue weighted by Crippen LogP contribution is 2.27. The van der Waals surface area contributed by atoms with Crippen molar-refractivity contribution >= 4 is 0 Å². The van der Waals surface area contributed by atoms with Gasteiger partial charge in [0.05, 0.1) is 13.7 Å². The average molecular weight is 293 g/mol. The first-order valence-electron chi connectivity index (χ1n) is 7.86. The van der Waals surface area contributed by atoms with Crippen LogP contribution in [0.3, 0.4) is 0 Å². The predicted octanol–water partition coefficient (Wildman–Crippen LogP) is 2.78. The molecule has 1 aliphatic rings. The quantitative estimate of drug-likeness (QED) is 0.840. The molecule has 0 amide bonds. The van der Waals surface area contributed by atoms with Crippen LogP contribution in [-0.4, -0.2) is 33.0 Å².